The highest BCUT2D eigenvalue weighted by Crippen LogP contribution is 2.21. The molecule has 1 aliphatic rings. The van der Waals surface area contributed by atoms with Crippen molar-refractivity contribution in [3.8, 4) is 0 Å². The molecule has 2 heterocycles. The van der Waals surface area contributed by atoms with Gasteiger partial charge in [0.05, 0.1) is 0 Å². The molecule has 1 aromatic rings. The molecule has 1 fully saturated rings. The molecule has 1 amide bonds. The van der Waals surface area contributed by atoms with Crippen molar-refractivity contribution in [2.24, 2.45) is 0 Å². The summed E-state index contributed by atoms with van der Waals surface area (Å²) in [5, 5.41) is 10.1. The summed E-state index contributed by atoms with van der Waals surface area (Å²) in [5.41, 5.74) is 1.56. The van der Waals surface area contributed by atoms with E-state index in [2.05, 4.69) is 15.8 Å². The molecular weight excluding hydrogens is 218 g/mol. The van der Waals surface area contributed by atoms with E-state index in [-0.39, 0.29) is 5.91 Å². The van der Waals surface area contributed by atoms with Crippen molar-refractivity contribution in [3.05, 3.63) is 11.5 Å². The second kappa shape index (κ2) is 5.31. The minimum Gasteiger partial charge on any atom is -0.359 e. The summed E-state index contributed by atoms with van der Waals surface area (Å²) < 4.78 is 5.08. The van der Waals surface area contributed by atoms with Crippen LogP contribution in [0.2, 0.25) is 0 Å². The molecule has 5 heteroatoms. The Balaban J connectivity index is 1.94. The summed E-state index contributed by atoms with van der Waals surface area (Å²) in [7, 11) is 0. The van der Waals surface area contributed by atoms with Crippen LogP contribution in [0.25, 0.3) is 0 Å². The van der Waals surface area contributed by atoms with Crippen LogP contribution in [0.4, 0.5) is 5.69 Å². The van der Waals surface area contributed by atoms with Gasteiger partial charge in [-0.15, -0.1) is 0 Å². The Bertz CT molecular complexity index is 394. The minimum absolute atomic E-state index is 0.0328. The van der Waals surface area contributed by atoms with Gasteiger partial charge in [0.25, 0.3) is 0 Å². The Hall–Kier alpha value is -1.36. The van der Waals surface area contributed by atoms with Crippen molar-refractivity contribution >= 4 is 11.6 Å². The van der Waals surface area contributed by atoms with Crippen LogP contribution in [0, 0.1) is 6.92 Å². The molecule has 1 aliphatic heterocycles. The van der Waals surface area contributed by atoms with E-state index in [0.717, 1.165) is 37.2 Å². The Morgan fingerprint density at radius 3 is 3.12 bits per heavy atom. The van der Waals surface area contributed by atoms with Crippen molar-refractivity contribution in [1.29, 1.82) is 0 Å². The van der Waals surface area contributed by atoms with Crippen LogP contribution >= 0.6 is 0 Å². The first kappa shape index (κ1) is 12.1. The molecule has 17 heavy (non-hydrogen) atoms. The lowest BCUT2D eigenvalue weighted by Gasteiger charge is -2.10. The van der Waals surface area contributed by atoms with Crippen molar-refractivity contribution in [1.82, 2.24) is 10.5 Å². The number of nitrogens with one attached hydrogen (secondary N) is 2. The highest BCUT2D eigenvalue weighted by molar-refractivity contribution is 5.92. The Kier molecular flexibility index (Phi) is 3.78. The number of aryl methyl sites for hydroxylation is 2. The summed E-state index contributed by atoms with van der Waals surface area (Å²) in [4.78, 5) is 11.9. The first-order valence-electron chi connectivity index (χ1n) is 6.19. The molecule has 2 N–H and O–H groups in total. The fourth-order valence-corrected chi connectivity index (χ4v) is 2.16. The fourth-order valence-electron chi connectivity index (χ4n) is 2.16. The average Bonchev–Trinajstić information content (AvgIpc) is 2.90. The second-order valence-corrected chi connectivity index (χ2v) is 4.46. The van der Waals surface area contributed by atoms with Crippen LogP contribution in [0.1, 0.15) is 37.6 Å². The van der Waals surface area contributed by atoms with Crippen LogP contribution in [0.15, 0.2) is 4.52 Å². The number of hydrogen-bond acceptors (Lipinski definition) is 4. The molecule has 1 saturated heterocycles. The number of anilines is 1. The summed E-state index contributed by atoms with van der Waals surface area (Å²) >= 11 is 0. The lowest BCUT2D eigenvalue weighted by Crippen LogP contribution is -2.27. The summed E-state index contributed by atoms with van der Waals surface area (Å²) in [6.07, 6.45) is 3.52. The second-order valence-electron chi connectivity index (χ2n) is 4.46. The zero-order chi connectivity index (χ0) is 12.3. The number of carbonyl (C=O) groups is 1. The van der Waals surface area contributed by atoms with Gasteiger partial charge < -0.3 is 15.2 Å². The normalized spacial score (nSPS) is 19.5. The maximum Gasteiger partial charge on any atom is 0.226 e. The number of hydrogen-bond donors (Lipinski definition) is 2. The lowest BCUT2D eigenvalue weighted by molar-refractivity contribution is -0.116. The third-order valence-corrected chi connectivity index (χ3v) is 3.13. The van der Waals surface area contributed by atoms with Gasteiger partial charge in [0.2, 0.25) is 5.91 Å². The molecule has 94 valence electrons. The predicted molar refractivity (Wildman–Crippen MR) is 64.9 cm³/mol. The smallest absolute Gasteiger partial charge is 0.226 e. The van der Waals surface area contributed by atoms with Crippen LogP contribution < -0.4 is 10.6 Å². The number of amides is 1. The van der Waals surface area contributed by atoms with Crippen LogP contribution in [0.3, 0.4) is 0 Å². The van der Waals surface area contributed by atoms with Gasteiger partial charge in [-0.2, -0.15) is 0 Å². The van der Waals surface area contributed by atoms with E-state index in [1.54, 1.807) is 0 Å². The zero-order valence-corrected chi connectivity index (χ0v) is 10.4. The highest BCUT2D eigenvalue weighted by Gasteiger charge is 2.20. The van der Waals surface area contributed by atoms with Gasteiger partial charge in [-0.25, -0.2) is 0 Å². The first-order valence-corrected chi connectivity index (χ1v) is 6.19. The third kappa shape index (κ3) is 2.85. The SMILES string of the molecule is CCc1noc(C)c1NC(=O)C[C@@H]1CCCN1. The number of aromatic nitrogens is 1. The molecule has 1 aromatic heterocycles. The molecule has 0 aromatic carbocycles. The molecular formula is C12H19N3O2. The molecule has 0 bridgehead atoms. The highest BCUT2D eigenvalue weighted by atomic mass is 16.5. The molecule has 0 aliphatic carbocycles. The Morgan fingerprint density at radius 1 is 1.65 bits per heavy atom. The first-order chi connectivity index (χ1) is 8.20. The molecule has 0 radical (unpaired) electrons. The van der Waals surface area contributed by atoms with Gasteiger partial charge in [-0.1, -0.05) is 12.1 Å². The maximum atomic E-state index is 11.9. The van der Waals surface area contributed by atoms with Crippen LogP contribution in [-0.4, -0.2) is 23.7 Å². The molecule has 1 atom stereocenters. The van der Waals surface area contributed by atoms with Crippen molar-refractivity contribution < 1.29 is 9.32 Å². The van der Waals surface area contributed by atoms with E-state index < -0.39 is 0 Å². The van der Waals surface area contributed by atoms with E-state index >= 15 is 0 Å². The summed E-state index contributed by atoms with van der Waals surface area (Å²) in [6.45, 7) is 4.82. The fraction of sp³-hybridized carbons (Fsp3) is 0.667. The van der Waals surface area contributed by atoms with E-state index in [4.69, 9.17) is 4.52 Å². The predicted octanol–water partition coefficient (Wildman–Crippen LogP) is 1.63. The monoisotopic (exact) mass is 237 g/mol. The van der Waals surface area contributed by atoms with E-state index in [1.807, 2.05) is 13.8 Å². The number of rotatable bonds is 4. The number of nitrogens with zero attached hydrogens (tertiary/aromatic N) is 1. The van der Waals surface area contributed by atoms with E-state index in [9.17, 15) is 4.79 Å². The van der Waals surface area contributed by atoms with Crippen molar-refractivity contribution in [3.63, 3.8) is 0 Å². The Morgan fingerprint density at radius 2 is 2.47 bits per heavy atom. The van der Waals surface area contributed by atoms with Gasteiger partial charge in [0.1, 0.15) is 11.4 Å². The zero-order valence-electron chi connectivity index (χ0n) is 10.4. The van der Waals surface area contributed by atoms with Crippen molar-refractivity contribution in [2.75, 3.05) is 11.9 Å². The van der Waals surface area contributed by atoms with Gasteiger partial charge in [0.15, 0.2) is 5.76 Å². The van der Waals surface area contributed by atoms with Crippen LogP contribution in [-0.2, 0) is 11.2 Å². The van der Waals surface area contributed by atoms with Gasteiger partial charge in [0, 0.05) is 12.5 Å². The molecule has 0 spiro atoms. The Labute approximate surface area is 101 Å². The molecule has 0 saturated carbocycles. The topological polar surface area (TPSA) is 67.2 Å². The van der Waals surface area contributed by atoms with E-state index in [0.29, 0.717) is 18.2 Å². The maximum absolute atomic E-state index is 11.9. The van der Waals surface area contributed by atoms with E-state index in [1.165, 1.54) is 0 Å². The largest absolute Gasteiger partial charge is 0.359 e. The third-order valence-electron chi connectivity index (χ3n) is 3.13. The molecule has 5 nitrogen and oxygen atoms in total. The molecule has 0 unspecified atom stereocenters. The minimum atomic E-state index is 0.0328. The van der Waals surface area contributed by atoms with Gasteiger partial charge >= 0.3 is 0 Å². The number of carbonyl (C=O) groups excluding carboxylic acids is 1. The van der Waals surface area contributed by atoms with Crippen molar-refractivity contribution in [2.45, 2.75) is 45.6 Å². The summed E-state index contributed by atoms with van der Waals surface area (Å²) in [6, 6.07) is 0.320. The summed E-state index contributed by atoms with van der Waals surface area (Å²) in [5.74, 6) is 0.708. The quantitative estimate of drug-likeness (QED) is 0.835. The molecule has 2 rings (SSSR count). The van der Waals surface area contributed by atoms with Crippen LogP contribution in [0.5, 0.6) is 0 Å². The average molecular weight is 237 g/mol. The standard InChI is InChI=1S/C12H19N3O2/c1-3-10-12(8(2)17-15-10)14-11(16)7-9-5-4-6-13-9/h9,13H,3-7H2,1-2H3,(H,14,16)/t9-/m0/s1. The van der Waals surface area contributed by atoms with Gasteiger partial charge in [-0.3, -0.25) is 4.79 Å². The lowest BCUT2D eigenvalue weighted by atomic mass is 10.1. The van der Waals surface area contributed by atoms with Gasteiger partial charge in [-0.05, 0) is 32.7 Å².